The SMILES string of the molecule is CCCC[C@@H]1NC(=O)[C@H](Cc2c[nH]c3ccccc23)NC(=O)[C@H](C)NC(=O)C[C@@H](C(=O)N2CCCCC2)NC(=O)CN(CCC)C(=O)CN(C)C(=O)[C@H](Cc2cccc(Cl)c2)N(C)C(=O)[C@@H](C)N(C)C(=O)CN(C)C(=O)[C@@H](Cc2ccc(O)cc2)NC(=O)[C@@H](Cc2c[nH]c3ccccc23)NC1=O. The fourth-order valence-corrected chi connectivity index (χ4v) is 13.0. The molecule has 28 heteroatoms. The summed E-state index contributed by atoms with van der Waals surface area (Å²) < 4.78 is 0. The molecule has 27 nitrogen and oxygen atoms in total. The minimum atomic E-state index is -1.47. The van der Waals surface area contributed by atoms with Crippen molar-refractivity contribution in [2.24, 2.45) is 0 Å². The number of carbonyl (C=O) groups is 12. The number of piperidine rings is 1. The molecule has 546 valence electrons. The van der Waals surface area contributed by atoms with E-state index in [4.69, 9.17) is 11.6 Å². The Morgan fingerprint density at radius 2 is 1.09 bits per heavy atom. The van der Waals surface area contributed by atoms with Crippen LogP contribution in [0.5, 0.6) is 5.75 Å². The summed E-state index contributed by atoms with van der Waals surface area (Å²) in [6.45, 7) is 5.42. The predicted octanol–water partition coefficient (Wildman–Crippen LogP) is 3.64. The smallest absolute Gasteiger partial charge is 0.245 e. The Balaban J connectivity index is 1.17. The largest absolute Gasteiger partial charge is 0.508 e. The van der Waals surface area contributed by atoms with Crippen molar-refractivity contribution in [2.45, 2.75) is 153 Å². The van der Waals surface area contributed by atoms with Crippen molar-refractivity contribution in [1.82, 2.24) is 71.3 Å². The molecule has 2 saturated heterocycles. The molecule has 8 rings (SSSR count). The van der Waals surface area contributed by atoms with Crippen molar-refractivity contribution in [2.75, 3.05) is 67.5 Å². The molecule has 0 spiro atoms. The van der Waals surface area contributed by atoms with Crippen molar-refractivity contribution in [1.29, 1.82) is 0 Å². The highest BCUT2D eigenvalue weighted by Crippen LogP contribution is 2.24. The van der Waals surface area contributed by atoms with Crippen LogP contribution in [0.3, 0.4) is 0 Å². The summed E-state index contributed by atoms with van der Waals surface area (Å²) in [7, 11) is 5.44. The van der Waals surface area contributed by atoms with Gasteiger partial charge in [-0.05, 0) is 105 Å². The fourth-order valence-electron chi connectivity index (χ4n) is 12.8. The molecule has 2 aliphatic rings. The second-order valence-electron chi connectivity index (χ2n) is 26.6. The van der Waals surface area contributed by atoms with Crippen LogP contribution in [0, 0.1) is 0 Å². The number of hydrogen-bond donors (Lipinski definition) is 9. The third-order valence-corrected chi connectivity index (χ3v) is 19.1. The molecule has 9 N–H and O–H groups in total. The van der Waals surface area contributed by atoms with Crippen LogP contribution in [0.4, 0.5) is 0 Å². The van der Waals surface area contributed by atoms with E-state index in [9.17, 15) is 48.3 Å². The summed E-state index contributed by atoms with van der Waals surface area (Å²) in [6, 6.07) is 16.1. The van der Waals surface area contributed by atoms with Crippen LogP contribution in [-0.4, -0.2) is 231 Å². The summed E-state index contributed by atoms with van der Waals surface area (Å²) in [5, 5.41) is 28.8. The monoisotopic (exact) mass is 1420 g/mol. The van der Waals surface area contributed by atoms with Gasteiger partial charge in [0.1, 0.15) is 54.1 Å². The van der Waals surface area contributed by atoms with Crippen LogP contribution in [0.25, 0.3) is 21.8 Å². The van der Waals surface area contributed by atoms with Gasteiger partial charge in [-0.15, -0.1) is 0 Å². The number of likely N-dealkylation sites (N-methyl/N-ethyl adjacent to an activating group) is 4. The van der Waals surface area contributed by atoms with E-state index in [0.717, 1.165) is 47.8 Å². The third-order valence-electron chi connectivity index (χ3n) is 18.8. The summed E-state index contributed by atoms with van der Waals surface area (Å²) in [4.78, 5) is 190. The number of likely N-dealkylation sites (tertiary alicyclic amines) is 1. The van der Waals surface area contributed by atoms with Crippen molar-refractivity contribution < 1.29 is 62.6 Å². The second kappa shape index (κ2) is 36.3. The van der Waals surface area contributed by atoms with Crippen molar-refractivity contribution in [3.8, 4) is 5.75 Å². The van der Waals surface area contributed by atoms with Crippen LogP contribution in [-0.2, 0) is 83.2 Å². The number of nitrogens with zero attached hydrogens (tertiary/aromatic N) is 6. The van der Waals surface area contributed by atoms with Crippen LogP contribution in [0.15, 0.2) is 109 Å². The first-order valence-corrected chi connectivity index (χ1v) is 35.1. The molecule has 102 heavy (non-hydrogen) atoms. The molecular weight excluding hydrogens is 1330 g/mol. The topological polar surface area (TPSA) is 348 Å². The first-order chi connectivity index (χ1) is 48.7. The van der Waals surface area contributed by atoms with E-state index in [2.05, 4.69) is 41.9 Å². The standard InChI is InChI=1S/C74H95ClN14O13/c1-9-11-24-57-68(96)82-59(38-50-41-77-56-26-16-14-23-54(50)56)70(98)83-60(35-47-27-29-52(90)30-28-47)72(100)84(5)43-65(93)86(7)46(4)71(99)87(8)62(36-48-20-19-21-51(75)34-48)74(102)85(6)44-66(94)89(31-10-2)42-64(92)79-61(73(101)88-32-17-12-18-33-88)39-63(91)78-45(3)67(95)81-58(69(97)80-57)37-49-40-76-55-25-15-13-22-53(49)55/h13-16,19-23,25-30,34,40-41,45-46,57-62,76-77,90H,9-12,17-18,24,31-33,35-39,42-44H2,1-8H3,(H,78,91)(H,79,92)(H,80,97)(H,81,95)(H,82,96)(H,83,98)/t45-,46+,57-,58-,59+,60+,61-,62-/m0/s1. The second-order valence-corrected chi connectivity index (χ2v) is 27.0. The Hall–Kier alpha value is -10.3. The Kier molecular flexibility index (Phi) is 27.6. The molecule has 6 aromatic rings. The molecule has 0 radical (unpaired) electrons. The lowest BCUT2D eigenvalue weighted by atomic mass is 10.0. The lowest BCUT2D eigenvalue weighted by Gasteiger charge is -2.35. The number of phenolic OH excluding ortho intramolecular Hbond substituents is 1. The number of H-pyrrole nitrogens is 2. The Morgan fingerprint density at radius 1 is 0.529 bits per heavy atom. The number of nitrogens with one attached hydrogen (secondary N) is 8. The van der Waals surface area contributed by atoms with E-state index in [1.807, 2.05) is 55.5 Å². The maximum atomic E-state index is 15.3. The zero-order chi connectivity index (χ0) is 73.9. The number of fused-ring (bicyclic) bond motifs is 2. The number of unbranched alkanes of at least 4 members (excludes halogenated alkanes) is 1. The van der Waals surface area contributed by atoms with Gasteiger partial charge in [-0.1, -0.05) is 99.0 Å². The number of aromatic amines is 2. The number of para-hydroxylation sites is 2. The summed E-state index contributed by atoms with van der Waals surface area (Å²) in [5.41, 5.74) is 3.72. The van der Waals surface area contributed by atoms with E-state index in [-0.39, 0.29) is 44.4 Å². The molecule has 2 aromatic heterocycles. The molecule has 0 saturated carbocycles. The molecule has 12 amide bonds. The summed E-state index contributed by atoms with van der Waals surface area (Å²) in [6.07, 6.45) is 5.80. The normalized spacial score (nSPS) is 22.6. The Bertz CT molecular complexity index is 4000. The minimum absolute atomic E-state index is 0.0295. The zero-order valence-electron chi connectivity index (χ0n) is 59.1. The van der Waals surface area contributed by atoms with Gasteiger partial charge in [0.15, 0.2) is 0 Å². The van der Waals surface area contributed by atoms with Gasteiger partial charge >= 0.3 is 0 Å². The zero-order valence-corrected chi connectivity index (χ0v) is 59.9. The highest BCUT2D eigenvalue weighted by Gasteiger charge is 2.39. The number of amides is 12. The van der Waals surface area contributed by atoms with Crippen LogP contribution in [0.1, 0.15) is 101 Å². The minimum Gasteiger partial charge on any atom is -0.508 e. The van der Waals surface area contributed by atoms with Crippen molar-refractivity contribution in [3.05, 3.63) is 137 Å². The molecule has 8 atom stereocenters. The number of benzene rings is 4. The highest BCUT2D eigenvalue weighted by molar-refractivity contribution is 6.30. The number of rotatable bonds is 14. The van der Waals surface area contributed by atoms with Gasteiger partial charge in [-0.3, -0.25) is 57.5 Å². The van der Waals surface area contributed by atoms with E-state index >= 15 is 14.4 Å². The van der Waals surface area contributed by atoms with Gasteiger partial charge in [0.2, 0.25) is 70.9 Å². The summed E-state index contributed by atoms with van der Waals surface area (Å²) >= 11 is 6.42. The third kappa shape index (κ3) is 20.7. The Morgan fingerprint density at radius 3 is 1.69 bits per heavy atom. The maximum absolute atomic E-state index is 15.3. The number of carbonyl (C=O) groups excluding carboxylic acids is 12. The quantitative estimate of drug-likeness (QED) is 0.0753. The van der Waals surface area contributed by atoms with E-state index in [1.165, 1.54) is 59.1 Å². The maximum Gasteiger partial charge on any atom is 0.245 e. The molecular formula is C74H95ClN14O13. The number of aromatic nitrogens is 2. The molecule has 2 fully saturated rings. The van der Waals surface area contributed by atoms with Gasteiger partial charge in [0.05, 0.1) is 26.1 Å². The number of phenols is 1. The van der Waals surface area contributed by atoms with Gasteiger partial charge in [0.25, 0.3) is 0 Å². The van der Waals surface area contributed by atoms with Gasteiger partial charge in [0, 0.05) is 113 Å². The molecule has 4 heterocycles. The van der Waals surface area contributed by atoms with Gasteiger partial charge < -0.3 is 76.4 Å². The molecule has 2 aliphatic heterocycles. The van der Waals surface area contributed by atoms with Gasteiger partial charge in [-0.2, -0.15) is 0 Å². The van der Waals surface area contributed by atoms with Crippen LogP contribution < -0.4 is 31.9 Å². The lowest BCUT2D eigenvalue weighted by Crippen LogP contribution is -2.60. The average molecular weight is 1420 g/mol. The molecule has 0 aliphatic carbocycles. The number of aromatic hydroxyl groups is 1. The molecule has 4 aromatic carbocycles. The lowest BCUT2D eigenvalue weighted by molar-refractivity contribution is -0.151. The Labute approximate surface area is 598 Å². The predicted molar refractivity (Wildman–Crippen MR) is 384 cm³/mol. The van der Waals surface area contributed by atoms with Crippen molar-refractivity contribution in [3.63, 3.8) is 0 Å². The fraction of sp³-hybridized carbons (Fsp3) is 0.459. The van der Waals surface area contributed by atoms with Crippen molar-refractivity contribution >= 4 is 104 Å². The summed E-state index contributed by atoms with van der Waals surface area (Å²) in [5.74, 6) is -9.05. The van der Waals surface area contributed by atoms with Crippen LogP contribution >= 0.6 is 11.6 Å². The molecule has 0 unspecified atom stereocenters. The first kappa shape index (κ1) is 77.4. The van der Waals surface area contributed by atoms with E-state index in [0.29, 0.717) is 72.5 Å². The van der Waals surface area contributed by atoms with Crippen LogP contribution in [0.2, 0.25) is 5.02 Å². The average Bonchev–Trinajstić information content (AvgIpc) is 1.37. The van der Waals surface area contributed by atoms with Gasteiger partial charge in [-0.25, -0.2) is 0 Å². The first-order valence-electron chi connectivity index (χ1n) is 34.7. The number of hydrogen-bond acceptors (Lipinski definition) is 13. The number of halogens is 1. The molecule has 0 bridgehead atoms. The highest BCUT2D eigenvalue weighted by atomic mass is 35.5. The van der Waals surface area contributed by atoms with E-state index in [1.54, 1.807) is 60.6 Å². The van der Waals surface area contributed by atoms with E-state index < -0.39 is 145 Å².